The van der Waals surface area contributed by atoms with Gasteiger partial charge in [0.1, 0.15) is 5.82 Å². The Kier molecular flexibility index (Phi) is 2.89. The van der Waals surface area contributed by atoms with Crippen LogP contribution in [0.1, 0.15) is 18.7 Å². The van der Waals surface area contributed by atoms with Crippen LogP contribution in [0.2, 0.25) is 0 Å². The Morgan fingerprint density at radius 2 is 2.10 bits per heavy atom. The Bertz CT molecular complexity index is 611. The molecule has 2 aliphatic heterocycles. The van der Waals surface area contributed by atoms with E-state index in [2.05, 4.69) is 14.9 Å². The Morgan fingerprint density at radius 3 is 2.90 bits per heavy atom. The fraction of sp³-hybridized carbons (Fsp3) is 0.533. The standard InChI is InChI=1S/C15H20N4O/c16-10-1-4-13-14(7-10)18-15(17-13)5-6-19-8-11-2-3-12(9-19)20-11/h1,4,7,11-12H,2-3,5-6,8-9,16H2,(H,17,18). The van der Waals surface area contributed by atoms with E-state index in [0.717, 1.165) is 48.6 Å². The number of likely N-dealkylation sites (tertiary alicyclic amines) is 1. The SMILES string of the molecule is Nc1ccc2nc(CCN3CC4CCC(C3)O4)[nH]c2c1. The molecule has 2 fully saturated rings. The first kappa shape index (κ1) is 12.2. The third-order valence-electron chi connectivity index (χ3n) is 4.34. The monoisotopic (exact) mass is 272 g/mol. The van der Waals surface area contributed by atoms with Gasteiger partial charge in [0.2, 0.25) is 0 Å². The number of imidazole rings is 1. The van der Waals surface area contributed by atoms with Crippen LogP contribution in [-0.4, -0.2) is 46.7 Å². The van der Waals surface area contributed by atoms with Crippen LogP contribution in [0.5, 0.6) is 0 Å². The molecule has 0 saturated carbocycles. The summed E-state index contributed by atoms with van der Waals surface area (Å²) in [6.07, 6.45) is 4.33. The second-order valence-corrected chi connectivity index (χ2v) is 5.93. The molecule has 2 saturated heterocycles. The number of ether oxygens (including phenoxy) is 1. The zero-order valence-corrected chi connectivity index (χ0v) is 11.5. The number of nitrogens with zero attached hydrogens (tertiary/aromatic N) is 2. The lowest BCUT2D eigenvalue weighted by Crippen LogP contribution is -2.43. The van der Waals surface area contributed by atoms with Gasteiger partial charge in [0.25, 0.3) is 0 Å². The molecule has 0 spiro atoms. The van der Waals surface area contributed by atoms with Crippen LogP contribution in [0, 0.1) is 0 Å². The number of nitrogens with one attached hydrogen (secondary N) is 1. The normalized spacial score (nSPS) is 26.4. The van der Waals surface area contributed by atoms with E-state index in [0.29, 0.717) is 12.2 Å². The van der Waals surface area contributed by atoms with Crippen molar-refractivity contribution in [3.05, 3.63) is 24.0 Å². The Labute approximate surface area is 118 Å². The first-order valence-corrected chi connectivity index (χ1v) is 7.38. The van der Waals surface area contributed by atoms with Gasteiger partial charge in [0, 0.05) is 31.7 Å². The number of benzene rings is 1. The first-order valence-electron chi connectivity index (χ1n) is 7.38. The predicted octanol–water partition coefficient (Wildman–Crippen LogP) is 1.55. The molecule has 5 nitrogen and oxygen atoms in total. The number of nitrogens with two attached hydrogens (primary N) is 1. The average molecular weight is 272 g/mol. The zero-order valence-electron chi connectivity index (χ0n) is 11.5. The summed E-state index contributed by atoms with van der Waals surface area (Å²) >= 11 is 0. The quantitative estimate of drug-likeness (QED) is 0.832. The minimum Gasteiger partial charge on any atom is -0.399 e. The number of H-pyrrole nitrogens is 1. The molecule has 2 atom stereocenters. The van der Waals surface area contributed by atoms with Crippen molar-refractivity contribution in [1.82, 2.24) is 14.9 Å². The number of nitrogen functional groups attached to an aromatic ring is 1. The van der Waals surface area contributed by atoms with Crippen molar-refractivity contribution in [1.29, 1.82) is 0 Å². The lowest BCUT2D eigenvalue weighted by molar-refractivity contribution is -0.0378. The van der Waals surface area contributed by atoms with Gasteiger partial charge in [-0.25, -0.2) is 4.98 Å². The summed E-state index contributed by atoms with van der Waals surface area (Å²) in [4.78, 5) is 10.5. The van der Waals surface area contributed by atoms with E-state index in [1.165, 1.54) is 12.8 Å². The first-order chi connectivity index (χ1) is 9.76. The van der Waals surface area contributed by atoms with E-state index in [1.54, 1.807) is 0 Å². The average Bonchev–Trinajstić information content (AvgIpc) is 2.99. The number of fused-ring (bicyclic) bond motifs is 3. The molecular weight excluding hydrogens is 252 g/mol. The second kappa shape index (κ2) is 4.75. The summed E-state index contributed by atoms with van der Waals surface area (Å²) in [7, 11) is 0. The lowest BCUT2D eigenvalue weighted by Gasteiger charge is -2.31. The van der Waals surface area contributed by atoms with Crippen molar-refractivity contribution in [2.45, 2.75) is 31.5 Å². The van der Waals surface area contributed by atoms with Crippen LogP contribution in [0.15, 0.2) is 18.2 Å². The van der Waals surface area contributed by atoms with Gasteiger partial charge >= 0.3 is 0 Å². The Hall–Kier alpha value is -1.59. The third kappa shape index (κ3) is 2.27. The van der Waals surface area contributed by atoms with Gasteiger partial charge in [0.15, 0.2) is 0 Å². The molecule has 3 N–H and O–H groups in total. The van der Waals surface area contributed by atoms with Gasteiger partial charge in [-0.2, -0.15) is 0 Å². The minimum atomic E-state index is 0.462. The van der Waals surface area contributed by atoms with Crippen molar-refractivity contribution < 1.29 is 4.74 Å². The molecule has 2 aliphatic rings. The van der Waals surface area contributed by atoms with Crippen molar-refractivity contribution in [3.63, 3.8) is 0 Å². The van der Waals surface area contributed by atoms with E-state index in [9.17, 15) is 0 Å². The highest BCUT2D eigenvalue weighted by molar-refractivity contribution is 5.78. The molecule has 0 amide bonds. The lowest BCUT2D eigenvalue weighted by atomic mass is 10.2. The van der Waals surface area contributed by atoms with E-state index < -0.39 is 0 Å². The maximum absolute atomic E-state index is 5.86. The number of aromatic amines is 1. The van der Waals surface area contributed by atoms with Gasteiger partial charge in [-0.05, 0) is 31.0 Å². The van der Waals surface area contributed by atoms with Gasteiger partial charge in [-0.15, -0.1) is 0 Å². The zero-order chi connectivity index (χ0) is 13.5. The Balaban J connectivity index is 1.43. The van der Waals surface area contributed by atoms with Crippen LogP contribution in [0.4, 0.5) is 5.69 Å². The fourth-order valence-electron chi connectivity index (χ4n) is 3.34. The molecule has 1 aromatic heterocycles. The number of rotatable bonds is 3. The molecule has 106 valence electrons. The molecular formula is C15H20N4O. The van der Waals surface area contributed by atoms with Crippen molar-refractivity contribution in [2.24, 2.45) is 0 Å². The molecule has 2 unspecified atom stereocenters. The third-order valence-corrected chi connectivity index (χ3v) is 4.34. The van der Waals surface area contributed by atoms with Gasteiger partial charge in [-0.3, -0.25) is 4.90 Å². The molecule has 2 bridgehead atoms. The Morgan fingerprint density at radius 1 is 1.30 bits per heavy atom. The topological polar surface area (TPSA) is 67.2 Å². The highest BCUT2D eigenvalue weighted by Gasteiger charge is 2.33. The molecule has 2 aromatic rings. The van der Waals surface area contributed by atoms with Crippen LogP contribution >= 0.6 is 0 Å². The number of hydrogen-bond acceptors (Lipinski definition) is 4. The van der Waals surface area contributed by atoms with Gasteiger partial charge < -0.3 is 15.5 Å². The van der Waals surface area contributed by atoms with Crippen molar-refractivity contribution in [2.75, 3.05) is 25.4 Å². The van der Waals surface area contributed by atoms with E-state index in [1.807, 2.05) is 18.2 Å². The summed E-state index contributed by atoms with van der Waals surface area (Å²) < 4.78 is 5.86. The van der Waals surface area contributed by atoms with Crippen molar-refractivity contribution >= 4 is 16.7 Å². The molecule has 20 heavy (non-hydrogen) atoms. The van der Waals surface area contributed by atoms with Crippen LogP contribution in [0.25, 0.3) is 11.0 Å². The highest BCUT2D eigenvalue weighted by atomic mass is 16.5. The molecule has 1 aromatic carbocycles. The van der Waals surface area contributed by atoms with Crippen LogP contribution < -0.4 is 5.73 Å². The number of anilines is 1. The molecule has 0 aliphatic carbocycles. The van der Waals surface area contributed by atoms with Gasteiger partial charge in [-0.1, -0.05) is 0 Å². The predicted molar refractivity (Wildman–Crippen MR) is 78.5 cm³/mol. The van der Waals surface area contributed by atoms with Crippen LogP contribution in [0.3, 0.4) is 0 Å². The summed E-state index contributed by atoms with van der Waals surface area (Å²) in [5, 5.41) is 0. The van der Waals surface area contributed by atoms with E-state index in [-0.39, 0.29) is 0 Å². The number of aromatic nitrogens is 2. The summed E-state index contributed by atoms with van der Waals surface area (Å²) in [5.41, 5.74) is 8.59. The maximum atomic E-state index is 5.86. The second-order valence-electron chi connectivity index (χ2n) is 5.93. The van der Waals surface area contributed by atoms with Gasteiger partial charge in [0.05, 0.1) is 23.2 Å². The van der Waals surface area contributed by atoms with E-state index >= 15 is 0 Å². The fourth-order valence-corrected chi connectivity index (χ4v) is 3.34. The summed E-state index contributed by atoms with van der Waals surface area (Å²) in [6.45, 7) is 3.19. The smallest absolute Gasteiger partial charge is 0.108 e. The number of morpholine rings is 1. The largest absolute Gasteiger partial charge is 0.399 e. The van der Waals surface area contributed by atoms with Crippen molar-refractivity contribution in [3.8, 4) is 0 Å². The summed E-state index contributed by atoms with van der Waals surface area (Å²) in [6, 6.07) is 5.81. The molecule has 0 radical (unpaired) electrons. The number of hydrogen-bond donors (Lipinski definition) is 2. The maximum Gasteiger partial charge on any atom is 0.108 e. The molecule has 3 heterocycles. The molecule has 5 heteroatoms. The summed E-state index contributed by atoms with van der Waals surface area (Å²) in [5.74, 6) is 1.05. The minimum absolute atomic E-state index is 0.462. The highest BCUT2D eigenvalue weighted by Crippen LogP contribution is 2.26. The van der Waals surface area contributed by atoms with Crippen LogP contribution in [-0.2, 0) is 11.2 Å². The van der Waals surface area contributed by atoms with E-state index in [4.69, 9.17) is 10.5 Å². The molecule has 4 rings (SSSR count).